The van der Waals surface area contributed by atoms with Gasteiger partial charge >= 0.3 is 0 Å². The second-order valence-corrected chi connectivity index (χ2v) is 9.74. The minimum Gasteiger partial charge on any atom is -0.313 e. The fourth-order valence-corrected chi connectivity index (χ4v) is 4.90. The number of hydrogen-bond donors (Lipinski definition) is 2. The molecule has 1 aromatic rings. The van der Waals surface area contributed by atoms with E-state index in [1.807, 2.05) is 6.92 Å². The molecular weight excluding hydrogens is 338 g/mol. The fourth-order valence-electron chi connectivity index (χ4n) is 2.48. The van der Waals surface area contributed by atoms with Gasteiger partial charge in [-0.05, 0) is 44.5 Å². The van der Waals surface area contributed by atoms with Crippen LogP contribution in [0.4, 0.5) is 0 Å². The third kappa shape index (κ3) is 4.10. The van der Waals surface area contributed by atoms with E-state index in [2.05, 4.69) is 10.0 Å². The van der Waals surface area contributed by atoms with Crippen molar-refractivity contribution in [1.29, 1.82) is 0 Å². The van der Waals surface area contributed by atoms with E-state index in [9.17, 15) is 16.8 Å². The lowest BCUT2D eigenvalue weighted by molar-refractivity contribution is 0.349. The highest BCUT2D eigenvalue weighted by Crippen LogP contribution is 2.19. The molecule has 2 unspecified atom stereocenters. The predicted octanol–water partition coefficient (Wildman–Crippen LogP) is 0.356. The largest absolute Gasteiger partial charge is 0.313 e. The number of benzene rings is 1. The van der Waals surface area contributed by atoms with Gasteiger partial charge in [-0.3, -0.25) is 0 Å². The lowest BCUT2D eigenvalue weighted by atomic mass is 10.0. The van der Waals surface area contributed by atoms with Gasteiger partial charge in [-0.25, -0.2) is 25.9 Å². The molecule has 1 saturated heterocycles. The molecule has 2 atom stereocenters. The molecule has 0 spiro atoms. The van der Waals surface area contributed by atoms with Gasteiger partial charge < -0.3 is 5.32 Å². The molecule has 2 N–H and O–H groups in total. The molecule has 1 fully saturated rings. The van der Waals surface area contributed by atoms with Gasteiger partial charge in [-0.15, -0.1) is 0 Å². The van der Waals surface area contributed by atoms with E-state index < -0.39 is 20.0 Å². The summed E-state index contributed by atoms with van der Waals surface area (Å²) in [6.45, 7) is 2.80. The van der Waals surface area contributed by atoms with Gasteiger partial charge in [-0.2, -0.15) is 0 Å². The first-order chi connectivity index (χ1) is 10.6. The molecule has 1 heterocycles. The van der Waals surface area contributed by atoms with E-state index in [1.54, 1.807) is 0 Å². The van der Waals surface area contributed by atoms with Gasteiger partial charge in [0, 0.05) is 26.2 Å². The van der Waals surface area contributed by atoms with Crippen LogP contribution in [0.1, 0.15) is 19.8 Å². The minimum absolute atomic E-state index is 0.0345. The number of sulfonamides is 2. The molecule has 0 amide bonds. The Hall–Kier alpha value is -1.00. The molecule has 0 saturated carbocycles. The smallest absolute Gasteiger partial charge is 0.242 e. The maximum Gasteiger partial charge on any atom is 0.242 e. The first-order valence-electron chi connectivity index (χ1n) is 7.43. The topological polar surface area (TPSA) is 95.6 Å². The number of rotatable bonds is 5. The van der Waals surface area contributed by atoms with Crippen molar-refractivity contribution in [1.82, 2.24) is 14.3 Å². The van der Waals surface area contributed by atoms with Crippen molar-refractivity contribution < 1.29 is 16.8 Å². The zero-order valence-electron chi connectivity index (χ0n) is 13.5. The molecule has 23 heavy (non-hydrogen) atoms. The number of hydrogen-bond acceptors (Lipinski definition) is 5. The summed E-state index contributed by atoms with van der Waals surface area (Å²) in [5.74, 6) is 0. The van der Waals surface area contributed by atoms with Crippen molar-refractivity contribution in [2.45, 2.75) is 41.6 Å². The minimum atomic E-state index is -3.77. The van der Waals surface area contributed by atoms with Crippen LogP contribution >= 0.6 is 0 Å². The Morgan fingerprint density at radius 3 is 2.43 bits per heavy atom. The Morgan fingerprint density at radius 1 is 1.17 bits per heavy atom. The van der Waals surface area contributed by atoms with E-state index in [-0.39, 0.29) is 21.9 Å². The molecule has 0 aromatic heterocycles. The predicted molar refractivity (Wildman–Crippen MR) is 88.1 cm³/mol. The fraction of sp³-hybridized carbons (Fsp3) is 0.571. The highest BCUT2D eigenvalue weighted by Gasteiger charge is 2.27. The maximum atomic E-state index is 12.5. The zero-order chi connectivity index (χ0) is 17.3. The van der Waals surface area contributed by atoms with Gasteiger partial charge in [0.25, 0.3) is 0 Å². The number of piperidine rings is 1. The Bertz CT molecular complexity index is 760. The summed E-state index contributed by atoms with van der Waals surface area (Å²) < 4.78 is 53.1. The van der Waals surface area contributed by atoms with Gasteiger partial charge in [0.1, 0.15) is 0 Å². The zero-order valence-corrected chi connectivity index (χ0v) is 15.1. The number of nitrogens with one attached hydrogen (secondary N) is 2. The Labute approximate surface area is 138 Å². The quantitative estimate of drug-likeness (QED) is 0.789. The standard InChI is InChI=1S/C14H23N3O4S2/c1-11-14(8-5-9-15-11)16-22(18,19)12-6-4-7-13(10-12)23(20,21)17(2)3/h4,6-7,10-11,14-16H,5,8-9H2,1-3H3. The second-order valence-electron chi connectivity index (χ2n) is 5.88. The normalized spacial score (nSPS) is 23.1. The Morgan fingerprint density at radius 2 is 1.83 bits per heavy atom. The molecule has 1 aliphatic heterocycles. The van der Waals surface area contributed by atoms with Crippen molar-refractivity contribution in [3.63, 3.8) is 0 Å². The highest BCUT2D eigenvalue weighted by molar-refractivity contribution is 7.90. The lowest BCUT2D eigenvalue weighted by Gasteiger charge is -2.30. The van der Waals surface area contributed by atoms with E-state index in [4.69, 9.17) is 0 Å². The summed E-state index contributed by atoms with van der Waals surface area (Å²) in [6, 6.07) is 5.25. The summed E-state index contributed by atoms with van der Waals surface area (Å²) in [4.78, 5) is -0.0848. The maximum absolute atomic E-state index is 12.5. The van der Waals surface area contributed by atoms with Crippen LogP contribution in [0.5, 0.6) is 0 Å². The van der Waals surface area contributed by atoms with E-state index in [0.717, 1.165) is 23.7 Å². The van der Waals surface area contributed by atoms with Gasteiger partial charge in [0.15, 0.2) is 0 Å². The number of nitrogens with zero attached hydrogens (tertiary/aromatic N) is 1. The van der Waals surface area contributed by atoms with Crippen LogP contribution in [0, 0.1) is 0 Å². The summed E-state index contributed by atoms with van der Waals surface area (Å²) in [7, 11) is -4.64. The van der Waals surface area contributed by atoms with E-state index in [1.165, 1.54) is 38.4 Å². The van der Waals surface area contributed by atoms with Crippen molar-refractivity contribution in [3.05, 3.63) is 24.3 Å². The second kappa shape index (κ2) is 6.86. The summed E-state index contributed by atoms with van der Waals surface area (Å²) in [6.07, 6.45) is 1.65. The van der Waals surface area contributed by atoms with Gasteiger partial charge in [-0.1, -0.05) is 6.07 Å². The SMILES string of the molecule is CC1NCCCC1NS(=O)(=O)c1cccc(S(=O)(=O)N(C)C)c1. The molecular formula is C14H23N3O4S2. The van der Waals surface area contributed by atoms with Crippen LogP contribution < -0.4 is 10.0 Å². The van der Waals surface area contributed by atoms with Crippen LogP contribution in [0.25, 0.3) is 0 Å². The van der Waals surface area contributed by atoms with Crippen molar-refractivity contribution in [2.75, 3.05) is 20.6 Å². The summed E-state index contributed by atoms with van der Waals surface area (Å²) in [5.41, 5.74) is 0. The third-order valence-electron chi connectivity index (χ3n) is 3.96. The van der Waals surface area contributed by atoms with E-state index in [0.29, 0.717) is 0 Å². The highest BCUT2D eigenvalue weighted by atomic mass is 32.2. The van der Waals surface area contributed by atoms with Gasteiger partial charge in [0.2, 0.25) is 20.0 Å². The molecule has 0 radical (unpaired) electrons. The first-order valence-corrected chi connectivity index (χ1v) is 10.4. The van der Waals surface area contributed by atoms with Crippen molar-refractivity contribution >= 4 is 20.0 Å². The molecule has 130 valence electrons. The summed E-state index contributed by atoms with van der Waals surface area (Å²) >= 11 is 0. The van der Waals surface area contributed by atoms with Crippen LogP contribution in [-0.4, -0.2) is 53.9 Å². The molecule has 0 bridgehead atoms. The van der Waals surface area contributed by atoms with Gasteiger partial charge in [0.05, 0.1) is 9.79 Å². The van der Waals surface area contributed by atoms with Crippen LogP contribution in [0.2, 0.25) is 0 Å². The monoisotopic (exact) mass is 361 g/mol. The first kappa shape index (κ1) is 18.3. The average molecular weight is 361 g/mol. The molecule has 0 aliphatic carbocycles. The lowest BCUT2D eigenvalue weighted by Crippen LogP contribution is -2.51. The molecule has 7 nitrogen and oxygen atoms in total. The molecule has 2 rings (SSSR count). The van der Waals surface area contributed by atoms with Crippen molar-refractivity contribution in [3.8, 4) is 0 Å². The molecule has 9 heteroatoms. The van der Waals surface area contributed by atoms with Crippen molar-refractivity contribution in [2.24, 2.45) is 0 Å². The van der Waals surface area contributed by atoms with E-state index >= 15 is 0 Å². The Balaban J connectivity index is 2.30. The van der Waals surface area contributed by atoms with Crippen LogP contribution in [0.3, 0.4) is 0 Å². The Kier molecular flexibility index (Phi) is 5.47. The van der Waals surface area contributed by atoms with Crippen LogP contribution in [0.15, 0.2) is 34.1 Å². The summed E-state index contributed by atoms with van der Waals surface area (Å²) in [5, 5.41) is 3.23. The molecule has 1 aliphatic rings. The average Bonchev–Trinajstić information content (AvgIpc) is 2.49. The third-order valence-corrected chi connectivity index (χ3v) is 7.26. The molecule has 1 aromatic carbocycles. The van der Waals surface area contributed by atoms with Crippen LogP contribution in [-0.2, 0) is 20.0 Å².